The van der Waals surface area contributed by atoms with E-state index in [9.17, 15) is 14.4 Å². The van der Waals surface area contributed by atoms with E-state index in [1.807, 2.05) is 0 Å². The number of esters is 1. The fourth-order valence-electron chi connectivity index (χ4n) is 1.99. The third-order valence-corrected chi connectivity index (χ3v) is 4.06. The highest BCUT2D eigenvalue weighted by molar-refractivity contribution is 6.44. The lowest BCUT2D eigenvalue weighted by Gasteiger charge is -2.08. The standard InChI is InChI=1S/C18H15Cl2NO4/c19-13-7-4-8-14(18(13)20)21-16(23)11-25-17(24)10-9-15(22)12-5-2-1-3-6-12/h1-8H,9-11H2,(H,21,23). The Balaban J connectivity index is 1.75. The summed E-state index contributed by atoms with van der Waals surface area (Å²) >= 11 is 11.8. The molecule has 2 rings (SSSR count). The summed E-state index contributed by atoms with van der Waals surface area (Å²) in [6.45, 7) is -0.471. The van der Waals surface area contributed by atoms with Crippen LogP contribution in [-0.4, -0.2) is 24.3 Å². The average Bonchev–Trinajstić information content (AvgIpc) is 2.62. The van der Waals surface area contributed by atoms with Gasteiger partial charge in [0.2, 0.25) is 0 Å². The van der Waals surface area contributed by atoms with E-state index in [-0.39, 0.29) is 23.6 Å². The molecular weight excluding hydrogens is 365 g/mol. The highest BCUT2D eigenvalue weighted by atomic mass is 35.5. The summed E-state index contributed by atoms with van der Waals surface area (Å²) in [5.74, 6) is -1.34. The van der Waals surface area contributed by atoms with Crippen molar-refractivity contribution >= 4 is 46.5 Å². The predicted molar refractivity (Wildman–Crippen MR) is 96.1 cm³/mol. The second-order valence-corrected chi connectivity index (χ2v) is 5.88. The van der Waals surface area contributed by atoms with Gasteiger partial charge in [0.25, 0.3) is 5.91 Å². The van der Waals surface area contributed by atoms with Gasteiger partial charge in [0.15, 0.2) is 12.4 Å². The van der Waals surface area contributed by atoms with Crippen LogP contribution in [0.5, 0.6) is 0 Å². The fraction of sp³-hybridized carbons (Fsp3) is 0.167. The lowest BCUT2D eigenvalue weighted by Crippen LogP contribution is -2.21. The van der Waals surface area contributed by atoms with Crippen molar-refractivity contribution in [3.63, 3.8) is 0 Å². The molecule has 130 valence electrons. The molecule has 0 atom stereocenters. The number of benzene rings is 2. The molecule has 2 aromatic carbocycles. The van der Waals surface area contributed by atoms with Crippen LogP contribution in [0.4, 0.5) is 5.69 Å². The molecule has 0 saturated carbocycles. The first-order chi connectivity index (χ1) is 12.0. The SMILES string of the molecule is O=C(COC(=O)CCC(=O)c1ccccc1)Nc1cccc(Cl)c1Cl. The Bertz CT molecular complexity index is 778. The number of anilines is 1. The Hall–Kier alpha value is -2.37. The maximum atomic E-state index is 11.9. The molecule has 0 bridgehead atoms. The van der Waals surface area contributed by atoms with Gasteiger partial charge in [-0.2, -0.15) is 0 Å². The predicted octanol–water partition coefficient (Wildman–Crippen LogP) is 4.14. The second-order valence-electron chi connectivity index (χ2n) is 5.10. The molecule has 0 saturated heterocycles. The smallest absolute Gasteiger partial charge is 0.306 e. The van der Waals surface area contributed by atoms with Gasteiger partial charge in [-0.3, -0.25) is 14.4 Å². The van der Waals surface area contributed by atoms with E-state index in [0.717, 1.165) is 0 Å². The third kappa shape index (κ3) is 5.89. The zero-order valence-corrected chi connectivity index (χ0v) is 14.6. The number of halogens is 2. The first kappa shape index (κ1) is 19.0. The zero-order valence-electron chi connectivity index (χ0n) is 13.1. The number of hydrogen-bond donors (Lipinski definition) is 1. The minimum Gasteiger partial charge on any atom is -0.456 e. The van der Waals surface area contributed by atoms with Crippen molar-refractivity contribution in [2.45, 2.75) is 12.8 Å². The van der Waals surface area contributed by atoms with E-state index >= 15 is 0 Å². The summed E-state index contributed by atoms with van der Waals surface area (Å²) in [6, 6.07) is 13.4. The molecule has 5 nitrogen and oxygen atoms in total. The van der Waals surface area contributed by atoms with Crippen molar-refractivity contribution < 1.29 is 19.1 Å². The normalized spacial score (nSPS) is 10.2. The van der Waals surface area contributed by atoms with E-state index in [2.05, 4.69) is 5.32 Å². The topological polar surface area (TPSA) is 72.5 Å². The molecule has 1 N–H and O–H groups in total. The molecule has 1 amide bonds. The maximum absolute atomic E-state index is 11.9. The lowest BCUT2D eigenvalue weighted by atomic mass is 10.1. The van der Waals surface area contributed by atoms with E-state index < -0.39 is 18.5 Å². The van der Waals surface area contributed by atoms with Crippen LogP contribution in [0.25, 0.3) is 0 Å². The van der Waals surface area contributed by atoms with Gasteiger partial charge < -0.3 is 10.1 Å². The van der Waals surface area contributed by atoms with Crippen molar-refractivity contribution in [3.8, 4) is 0 Å². The van der Waals surface area contributed by atoms with Crippen molar-refractivity contribution in [1.82, 2.24) is 0 Å². The van der Waals surface area contributed by atoms with Crippen LogP contribution >= 0.6 is 23.2 Å². The van der Waals surface area contributed by atoms with Crippen LogP contribution in [-0.2, 0) is 14.3 Å². The van der Waals surface area contributed by atoms with Crippen LogP contribution in [0.15, 0.2) is 48.5 Å². The number of rotatable bonds is 7. The summed E-state index contributed by atoms with van der Waals surface area (Å²) in [4.78, 5) is 35.3. The largest absolute Gasteiger partial charge is 0.456 e. The van der Waals surface area contributed by atoms with Gasteiger partial charge in [0.1, 0.15) is 0 Å². The molecule has 25 heavy (non-hydrogen) atoms. The number of carbonyl (C=O) groups is 3. The van der Waals surface area contributed by atoms with Gasteiger partial charge in [0, 0.05) is 12.0 Å². The molecule has 0 radical (unpaired) electrons. The molecule has 0 aliphatic carbocycles. The zero-order chi connectivity index (χ0) is 18.2. The molecule has 0 fully saturated rings. The minimum atomic E-state index is -0.628. The Labute approximate surface area is 154 Å². The van der Waals surface area contributed by atoms with E-state index in [1.54, 1.807) is 48.5 Å². The van der Waals surface area contributed by atoms with E-state index in [4.69, 9.17) is 27.9 Å². The summed E-state index contributed by atoms with van der Waals surface area (Å²) in [5, 5.41) is 3.01. The lowest BCUT2D eigenvalue weighted by molar-refractivity contribution is -0.147. The Morgan fingerprint density at radius 1 is 0.920 bits per heavy atom. The maximum Gasteiger partial charge on any atom is 0.306 e. The van der Waals surface area contributed by atoms with Gasteiger partial charge in [0.05, 0.1) is 22.2 Å². The van der Waals surface area contributed by atoms with E-state index in [0.29, 0.717) is 16.3 Å². The van der Waals surface area contributed by atoms with Crippen LogP contribution < -0.4 is 5.32 Å². The Morgan fingerprint density at radius 3 is 2.36 bits per heavy atom. The molecule has 0 unspecified atom stereocenters. The van der Waals surface area contributed by atoms with Crippen molar-refractivity contribution in [2.24, 2.45) is 0 Å². The number of hydrogen-bond acceptors (Lipinski definition) is 4. The van der Waals surface area contributed by atoms with Gasteiger partial charge in [-0.05, 0) is 12.1 Å². The molecule has 2 aromatic rings. The Morgan fingerprint density at radius 2 is 1.64 bits per heavy atom. The van der Waals surface area contributed by atoms with Gasteiger partial charge in [-0.25, -0.2) is 0 Å². The highest BCUT2D eigenvalue weighted by Crippen LogP contribution is 2.29. The van der Waals surface area contributed by atoms with Crippen LogP contribution in [0.3, 0.4) is 0 Å². The summed E-state index contributed by atoms with van der Waals surface area (Å²) in [7, 11) is 0. The molecule has 0 aliphatic rings. The molecule has 0 aliphatic heterocycles. The van der Waals surface area contributed by atoms with Crippen molar-refractivity contribution in [1.29, 1.82) is 0 Å². The van der Waals surface area contributed by atoms with Crippen molar-refractivity contribution in [3.05, 3.63) is 64.1 Å². The molecule has 0 spiro atoms. The van der Waals surface area contributed by atoms with Crippen LogP contribution in [0.1, 0.15) is 23.2 Å². The Kier molecular flexibility index (Phi) is 6.98. The highest BCUT2D eigenvalue weighted by Gasteiger charge is 2.13. The van der Waals surface area contributed by atoms with Crippen LogP contribution in [0.2, 0.25) is 10.0 Å². The first-order valence-electron chi connectivity index (χ1n) is 7.45. The van der Waals surface area contributed by atoms with Crippen molar-refractivity contribution in [2.75, 3.05) is 11.9 Å². The monoisotopic (exact) mass is 379 g/mol. The number of amides is 1. The van der Waals surface area contributed by atoms with E-state index in [1.165, 1.54) is 0 Å². The summed E-state index contributed by atoms with van der Waals surface area (Å²) in [5.41, 5.74) is 0.859. The second kappa shape index (κ2) is 9.20. The molecule has 0 aromatic heterocycles. The number of nitrogens with one attached hydrogen (secondary N) is 1. The molecular formula is C18H15Cl2NO4. The fourth-order valence-corrected chi connectivity index (χ4v) is 2.34. The quantitative estimate of drug-likeness (QED) is 0.579. The number of ketones is 1. The molecule has 7 heteroatoms. The average molecular weight is 380 g/mol. The van der Waals surface area contributed by atoms with Gasteiger partial charge >= 0.3 is 5.97 Å². The summed E-state index contributed by atoms with van der Waals surface area (Å²) < 4.78 is 4.85. The van der Waals surface area contributed by atoms with Gasteiger partial charge in [-0.1, -0.05) is 59.6 Å². The number of carbonyl (C=O) groups excluding carboxylic acids is 3. The van der Waals surface area contributed by atoms with Gasteiger partial charge in [-0.15, -0.1) is 0 Å². The minimum absolute atomic E-state index is 0.0184. The van der Waals surface area contributed by atoms with Crippen LogP contribution in [0, 0.1) is 0 Å². The number of ether oxygens (including phenoxy) is 1. The third-order valence-electron chi connectivity index (χ3n) is 3.24. The first-order valence-corrected chi connectivity index (χ1v) is 8.20. The molecule has 0 heterocycles. The number of Topliss-reactive ketones (excluding diaryl/α,β-unsaturated/α-hetero) is 1. The summed E-state index contributed by atoms with van der Waals surface area (Å²) in [6.07, 6.45) is -0.0798.